The van der Waals surface area contributed by atoms with Gasteiger partial charge in [0.05, 0.1) is 12.0 Å². The molecule has 0 aliphatic carbocycles. The van der Waals surface area contributed by atoms with E-state index < -0.39 is 12.2 Å². The smallest absolute Gasteiger partial charge is 0.150 e. The van der Waals surface area contributed by atoms with E-state index in [2.05, 4.69) is 0 Å². The lowest BCUT2D eigenvalue weighted by Crippen LogP contribution is -2.19. The SMILES string of the molecule is O=Cc1cccc(C(O)C(O)CCl)c1. The van der Waals surface area contributed by atoms with Gasteiger partial charge in [-0.05, 0) is 11.6 Å². The van der Waals surface area contributed by atoms with Gasteiger partial charge in [0.15, 0.2) is 0 Å². The Balaban J connectivity index is 2.89. The van der Waals surface area contributed by atoms with Crippen LogP contribution in [0.5, 0.6) is 0 Å². The van der Waals surface area contributed by atoms with Crippen molar-refractivity contribution in [2.45, 2.75) is 12.2 Å². The summed E-state index contributed by atoms with van der Waals surface area (Å²) in [7, 11) is 0. The van der Waals surface area contributed by atoms with Gasteiger partial charge < -0.3 is 10.2 Å². The fourth-order valence-electron chi connectivity index (χ4n) is 1.12. The number of aliphatic hydroxyl groups excluding tert-OH is 2. The molecule has 0 radical (unpaired) electrons. The second-order valence-corrected chi connectivity index (χ2v) is 3.26. The predicted octanol–water partition coefficient (Wildman–Crippen LogP) is 1.13. The molecule has 1 aromatic rings. The summed E-state index contributed by atoms with van der Waals surface area (Å²) >= 11 is 5.39. The first-order valence-electron chi connectivity index (χ1n) is 4.16. The molecular formula is C10H11ClO3. The molecule has 3 nitrogen and oxygen atoms in total. The number of carbonyl (C=O) groups is 1. The Hall–Kier alpha value is -0.900. The zero-order chi connectivity index (χ0) is 10.6. The van der Waals surface area contributed by atoms with Gasteiger partial charge in [-0.15, -0.1) is 11.6 Å². The summed E-state index contributed by atoms with van der Waals surface area (Å²) in [5, 5.41) is 18.8. The molecule has 0 fully saturated rings. The molecule has 0 aromatic heterocycles. The van der Waals surface area contributed by atoms with Gasteiger partial charge in [-0.25, -0.2) is 0 Å². The topological polar surface area (TPSA) is 57.5 Å². The number of aliphatic hydroxyl groups is 2. The van der Waals surface area contributed by atoms with Crippen molar-refractivity contribution >= 4 is 17.9 Å². The quantitative estimate of drug-likeness (QED) is 0.584. The molecule has 2 atom stereocenters. The Morgan fingerprint density at radius 1 is 1.43 bits per heavy atom. The lowest BCUT2D eigenvalue weighted by molar-refractivity contribution is 0.0327. The molecule has 0 saturated carbocycles. The molecule has 1 aromatic carbocycles. The highest BCUT2D eigenvalue weighted by Crippen LogP contribution is 2.18. The van der Waals surface area contributed by atoms with E-state index in [1.807, 2.05) is 0 Å². The van der Waals surface area contributed by atoms with Crippen LogP contribution in [0.15, 0.2) is 24.3 Å². The van der Waals surface area contributed by atoms with E-state index in [-0.39, 0.29) is 5.88 Å². The van der Waals surface area contributed by atoms with Gasteiger partial charge in [-0.3, -0.25) is 4.79 Å². The van der Waals surface area contributed by atoms with Gasteiger partial charge in [0.1, 0.15) is 12.4 Å². The summed E-state index contributed by atoms with van der Waals surface area (Å²) in [5.41, 5.74) is 0.950. The first kappa shape index (κ1) is 11.2. The van der Waals surface area contributed by atoms with Crippen LogP contribution in [0.2, 0.25) is 0 Å². The van der Waals surface area contributed by atoms with Crippen molar-refractivity contribution in [1.29, 1.82) is 0 Å². The Morgan fingerprint density at radius 3 is 2.71 bits per heavy atom. The van der Waals surface area contributed by atoms with Crippen molar-refractivity contribution in [3.63, 3.8) is 0 Å². The Labute approximate surface area is 86.9 Å². The van der Waals surface area contributed by atoms with Crippen LogP contribution in [0.25, 0.3) is 0 Å². The standard InChI is InChI=1S/C10H11ClO3/c11-5-9(13)10(14)8-3-1-2-7(4-8)6-12/h1-4,6,9-10,13-14H,5H2. The number of hydrogen-bond acceptors (Lipinski definition) is 3. The fraction of sp³-hybridized carbons (Fsp3) is 0.300. The number of benzene rings is 1. The summed E-state index contributed by atoms with van der Waals surface area (Å²) in [5.74, 6) is -0.0491. The average molecular weight is 215 g/mol. The van der Waals surface area contributed by atoms with E-state index in [0.29, 0.717) is 17.4 Å². The minimum Gasteiger partial charge on any atom is -0.389 e. The molecule has 2 unspecified atom stereocenters. The van der Waals surface area contributed by atoms with Gasteiger partial charge in [0.2, 0.25) is 0 Å². The van der Waals surface area contributed by atoms with E-state index in [4.69, 9.17) is 11.6 Å². The molecular weight excluding hydrogens is 204 g/mol. The summed E-state index contributed by atoms with van der Waals surface area (Å²) in [6.07, 6.45) is -1.38. The highest BCUT2D eigenvalue weighted by Gasteiger charge is 2.17. The number of rotatable bonds is 4. The van der Waals surface area contributed by atoms with Crippen molar-refractivity contribution in [3.8, 4) is 0 Å². The zero-order valence-electron chi connectivity index (χ0n) is 7.43. The van der Waals surface area contributed by atoms with E-state index in [0.717, 1.165) is 0 Å². The molecule has 2 N–H and O–H groups in total. The van der Waals surface area contributed by atoms with Crippen molar-refractivity contribution in [2.24, 2.45) is 0 Å². The van der Waals surface area contributed by atoms with Gasteiger partial charge >= 0.3 is 0 Å². The van der Waals surface area contributed by atoms with Crippen molar-refractivity contribution in [1.82, 2.24) is 0 Å². The second kappa shape index (κ2) is 5.10. The largest absolute Gasteiger partial charge is 0.389 e. The third-order valence-corrected chi connectivity index (χ3v) is 2.23. The average Bonchev–Trinajstić information content (AvgIpc) is 2.27. The maximum Gasteiger partial charge on any atom is 0.150 e. The summed E-state index contributed by atoms with van der Waals surface area (Å²) in [4.78, 5) is 10.5. The van der Waals surface area contributed by atoms with Crippen LogP contribution in [0.3, 0.4) is 0 Å². The normalized spacial score (nSPS) is 14.8. The maximum atomic E-state index is 10.5. The first-order chi connectivity index (χ1) is 6.69. The molecule has 0 spiro atoms. The van der Waals surface area contributed by atoms with Crippen molar-refractivity contribution in [3.05, 3.63) is 35.4 Å². The number of carbonyl (C=O) groups excluding carboxylic acids is 1. The number of aldehydes is 1. The number of alkyl halides is 1. The first-order valence-corrected chi connectivity index (χ1v) is 4.69. The van der Waals surface area contributed by atoms with E-state index in [1.54, 1.807) is 18.2 Å². The Kier molecular flexibility index (Phi) is 4.07. The number of hydrogen-bond donors (Lipinski definition) is 2. The third-order valence-electron chi connectivity index (χ3n) is 1.91. The molecule has 14 heavy (non-hydrogen) atoms. The highest BCUT2D eigenvalue weighted by molar-refractivity contribution is 6.18. The summed E-state index contributed by atoms with van der Waals surface area (Å²) in [6.45, 7) is 0. The van der Waals surface area contributed by atoms with Crippen LogP contribution in [0, 0.1) is 0 Å². The van der Waals surface area contributed by atoms with E-state index in [1.165, 1.54) is 6.07 Å². The molecule has 4 heteroatoms. The molecule has 0 aliphatic rings. The Morgan fingerprint density at radius 2 is 2.14 bits per heavy atom. The lowest BCUT2D eigenvalue weighted by Gasteiger charge is -2.15. The molecule has 76 valence electrons. The van der Waals surface area contributed by atoms with Crippen LogP contribution in [0.4, 0.5) is 0 Å². The van der Waals surface area contributed by atoms with Crippen LogP contribution >= 0.6 is 11.6 Å². The zero-order valence-corrected chi connectivity index (χ0v) is 8.19. The third kappa shape index (κ3) is 2.54. The predicted molar refractivity (Wildman–Crippen MR) is 53.5 cm³/mol. The fourth-order valence-corrected chi connectivity index (χ4v) is 1.29. The minimum atomic E-state index is -1.05. The van der Waals surface area contributed by atoms with Crippen LogP contribution in [-0.4, -0.2) is 28.5 Å². The van der Waals surface area contributed by atoms with Crippen molar-refractivity contribution in [2.75, 3.05) is 5.88 Å². The highest BCUT2D eigenvalue weighted by atomic mass is 35.5. The van der Waals surface area contributed by atoms with E-state index in [9.17, 15) is 15.0 Å². The molecule has 0 heterocycles. The number of halogens is 1. The van der Waals surface area contributed by atoms with Crippen molar-refractivity contribution < 1.29 is 15.0 Å². The second-order valence-electron chi connectivity index (χ2n) is 2.95. The maximum absolute atomic E-state index is 10.5. The van der Waals surface area contributed by atoms with E-state index >= 15 is 0 Å². The molecule has 0 bridgehead atoms. The van der Waals surface area contributed by atoms with Gasteiger partial charge in [0, 0.05) is 5.56 Å². The van der Waals surface area contributed by atoms with Crippen LogP contribution in [0.1, 0.15) is 22.0 Å². The van der Waals surface area contributed by atoms with Crippen LogP contribution in [-0.2, 0) is 0 Å². The van der Waals surface area contributed by atoms with Gasteiger partial charge in [-0.2, -0.15) is 0 Å². The van der Waals surface area contributed by atoms with Gasteiger partial charge in [-0.1, -0.05) is 18.2 Å². The minimum absolute atomic E-state index is 0.0491. The van der Waals surface area contributed by atoms with Gasteiger partial charge in [0.25, 0.3) is 0 Å². The molecule has 0 amide bonds. The Bertz CT molecular complexity index is 314. The lowest BCUT2D eigenvalue weighted by atomic mass is 10.0. The van der Waals surface area contributed by atoms with Crippen LogP contribution < -0.4 is 0 Å². The molecule has 0 aliphatic heterocycles. The molecule has 1 rings (SSSR count). The summed E-state index contributed by atoms with van der Waals surface area (Å²) < 4.78 is 0. The molecule has 0 saturated heterocycles. The summed E-state index contributed by atoms with van der Waals surface area (Å²) in [6, 6.07) is 6.42. The monoisotopic (exact) mass is 214 g/mol.